The van der Waals surface area contributed by atoms with Crippen LogP contribution >= 0.6 is 12.6 Å². The summed E-state index contributed by atoms with van der Waals surface area (Å²) in [5.41, 5.74) is 6.97. The molecule has 3 amide bonds. The Morgan fingerprint density at radius 2 is 1.84 bits per heavy atom. The van der Waals surface area contributed by atoms with Gasteiger partial charge in [0.15, 0.2) is 0 Å². The van der Waals surface area contributed by atoms with Crippen LogP contribution in [-0.4, -0.2) is 70.2 Å². The summed E-state index contributed by atoms with van der Waals surface area (Å²) < 4.78 is 0. The second-order valence-electron chi connectivity index (χ2n) is 8.30. The number of hydrogen-bond acceptors (Lipinski definition) is 6. The van der Waals surface area contributed by atoms with Gasteiger partial charge in [-0.15, -0.1) is 0 Å². The Bertz CT molecular complexity index is 820. The molecule has 10 heteroatoms. The summed E-state index contributed by atoms with van der Waals surface area (Å²) in [6, 6.07) is 5.75. The average Bonchev–Trinajstić information content (AvgIpc) is 3.25. The van der Waals surface area contributed by atoms with Gasteiger partial charge in [0.2, 0.25) is 17.7 Å². The molecule has 1 heterocycles. The van der Waals surface area contributed by atoms with Crippen LogP contribution in [0.25, 0.3) is 0 Å². The molecule has 0 bridgehead atoms. The van der Waals surface area contributed by atoms with E-state index in [0.29, 0.717) is 25.8 Å². The number of likely N-dealkylation sites (tertiary alicyclic amines) is 1. The molecule has 1 saturated heterocycles. The number of carboxylic acids is 1. The number of aliphatic carboxylic acids is 1. The van der Waals surface area contributed by atoms with E-state index < -0.39 is 42.0 Å². The van der Waals surface area contributed by atoms with E-state index in [1.165, 1.54) is 4.90 Å². The van der Waals surface area contributed by atoms with E-state index in [9.17, 15) is 19.2 Å². The molecule has 2 rings (SSSR count). The van der Waals surface area contributed by atoms with Crippen LogP contribution < -0.4 is 16.4 Å². The quantitative estimate of drug-likeness (QED) is 0.313. The normalized spacial score (nSPS) is 18.7. The SMILES string of the molecule is CC(C)C(NC(=O)C(N)Cc1ccccc1)C(=O)N1CCCC1C(=O)NC(CS)C(=O)O. The molecule has 1 aromatic rings. The molecule has 1 fully saturated rings. The van der Waals surface area contributed by atoms with Crippen LogP contribution in [0.2, 0.25) is 0 Å². The predicted octanol–water partition coefficient (Wildman–Crippen LogP) is 0.187. The number of benzene rings is 1. The summed E-state index contributed by atoms with van der Waals surface area (Å²) in [5, 5.41) is 14.3. The smallest absolute Gasteiger partial charge is 0.327 e. The van der Waals surface area contributed by atoms with Crippen molar-refractivity contribution in [3.8, 4) is 0 Å². The lowest BCUT2D eigenvalue weighted by molar-refractivity contribution is -0.145. The van der Waals surface area contributed by atoms with Crippen LogP contribution in [0, 0.1) is 5.92 Å². The van der Waals surface area contributed by atoms with E-state index in [1.54, 1.807) is 13.8 Å². The number of hydrogen-bond donors (Lipinski definition) is 5. The number of nitrogens with zero attached hydrogens (tertiary/aromatic N) is 1. The van der Waals surface area contributed by atoms with Gasteiger partial charge in [-0.25, -0.2) is 4.79 Å². The fourth-order valence-corrected chi connectivity index (χ4v) is 3.92. The third-order valence-electron chi connectivity index (χ3n) is 5.50. The van der Waals surface area contributed by atoms with Gasteiger partial charge < -0.3 is 26.4 Å². The van der Waals surface area contributed by atoms with Crippen molar-refractivity contribution >= 4 is 36.3 Å². The number of carbonyl (C=O) groups is 4. The van der Waals surface area contributed by atoms with E-state index in [0.717, 1.165) is 5.56 Å². The van der Waals surface area contributed by atoms with Gasteiger partial charge >= 0.3 is 5.97 Å². The molecular formula is C22H32N4O5S. The zero-order valence-corrected chi connectivity index (χ0v) is 19.3. The van der Waals surface area contributed by atoms with E-state index in [1.807, 2.05) is 30.3 Å². The zero-order chi connectivity index (χ0) is 23.8. The van der Waals surface area contributed by atoms with E-state index >= 15 is 0 Å². The first-order valence-electron chi connectivity index (χ1n) is 10.7. The highest BCUT2D eigenvalue weighted by atomic mass is 32.1. The number of thiol groups is 1. The Morgan fingerprint density at radius 1 is 1.19 bits per heavy atom. The number of nitrogens with two attached hydrogens (primary N) is 1. The molecular weight excluding hydrogens is 432 g/mol. The molecule has 1 aliphatic heterocycles. The minimum absolute atomic E-state index is 0.0638. The second kappa shape index (κ2) is 11.9. The van der Waals surface area contributed by atoms with Crippen molar-refractivity contribution in [2.24, 2.45) is 11.7 Å². The topological polar surface area (TPSA) is 142 Å². The van der Waals surface area contributed by atoms with Gasteiger partial charge in [-0.1, -0.05) is 44.2 Å². The van der Waals surface area contributed by atoms with Crippen LogP contribution in [0.5, 0.6) is 0 Å². The molecule has 5 N–H and O–H groups in total. The highest BCUT2D eigenvalue weighted by Crippen LogP contribution is 2.21. The number of carbonyl (C=O) groups excluding carboxylic acids is 3. The van der Waals surface area contributed by atoms with Gasteiger partial charge in [0.1, 0.15) is 18.1 Å². The molecule has 4 unspecified atom stereocenters. The van der Waals surface area contributed by atoms with Crippen LogP contribution in [-0.2, 0) is 25.6 Å². The Kier molecular flexibility index (Phi) is 9.52. The summed E-state index contributed by atoms with van der Waals surface area (Å²) in [5.74, 6) is -2.84. The number of carboxylic acid groups (broad SMARTS) is 1. The van der Waals surface area contributed by atoms with Gasteiger partial charge in [0.05, 0.1) is 6.04 Å². The molecule has 32 heavy (non-hydrogen) atoms. The molecule has 1 aliphatic rings. The lowest BCUT2D eigenvalue weighted by Gasteiger charge is -2.31. The third-order valence-corrected chi connectivity index (χ3v) is 5.87. The zero-order valence-electron chi connectivity index (χ0n) is 18.4. The van der Waals surface area contributed by atoms with Crippen molar-refractivity contribution in [2.75, 3.05) is 12.3 Å². The maximum absolute atomic E-state index is 13.3. The van der Waals surface area contributed by atoms with Gasteiger partial charge in [-0.2, -0.15) is 12.6 Å². The standard InChI is InChI=1S/C22H32N4O5S/c1-13(2)18(25-19(27)15(23)11-14-7-4-3-5-8-14)21(29)26-10-6-9-17(26)20(28)24-16(12-32)22(30)31/h3-5,7-8,13,15-18,32H,6,9-12,23H2,1-2H3,(H,24,28)(H,25,27)(H,30,31). The van der Waals surface area contributed by atoms with Crippen molar-refractivity contribution < 1.29 is 24.3 Å². The van der Waals surface area contributed by atoms with Gasteiger partial charge in [-0.3, -0.25) is 14.4 Å². The Morgan fingerprint density at radius 3 is 2.41 bits per heavy atom. The maximum atomic E-state index is 13.3. The molecule has 0 saturated carbocycles. The molecule has 0 radical (unpaired) electrons. The lowest BCUT2D eigenvalue weighted by Crippen LogP contribution is -2.58. The molecule has 176 valence electrons. The summed E-state index contributed by atoms with van der Waals surface area (Å²) in [7, 11) is 0. The summed E-state index contributed by atoms with van der Waals surface area (Å²) in [4.78, 5) is 51.2. The number of rotatable bonds is 10. The maximum Gasteiger partial charge on any atom is 0.327 e. The first kappa shape index (κ1) is 25.7. The Hall–Kier alpha value is -2.59. The van der Waals surface area contributed by atoms with Crippen LogP contribution in [0.15, 0.2) is 30.3 Å². The molecule has 0 aromatic heterocycles. The van der Waals surface area contributed by atoms with E-state index in [2.05, 4.69) is 23.3 Å². The second-order valence-corrected chi connectivity index (χ2v) is 8.66. The number of amides is 3. The van der Waals surface area contributed by atoms with Crippen LogP contribution in [0.1, 0.15) is 32.3 Å². The lowest BCUT2D eigenvalue weighted by atomic mass is 10.0. The van der Waals surface area contributed by atoms with Crippen molar-refractivity contribution in [1.82, 2.24) is 15.5 Å². The average molecular weight is 465 g/mol. The molecule has 1 aromatic carbocycles. The van der Waals surface area contributed by atoms with Crippen molar-refractivity contribution in [2.45, 2.75) is 57.3 Å². The summed E-state index contributed by atoms with van der Waals surface area (Å²) in [6.07, 6.45) is 1.36. The van der Waals surface area contributed by atoms with Gasteiger partial charge in [-0.05, 0) is 30.7 Å². The summed E-state index contributed by atoms with van der Waals surface area (Å²) >= 11 is 3.95. The minimum Gasteiger partial charge on any atom is -0.480 e. The highest BCUT2D eigenvalue weighted by molar-refractivity contribution is 7.80. The first-order chi connectivity index (χ1) is 15.1. The van der Waals surface area contributed by atoms with Crippen molar-refractivity contribution in [1.29, 1.82) is 0 Å². The Labute approximate surface area is 193 Å². The fraction of sp³-hybridized carbons (Fsp3) is 0.545. The number of nitrogens with one attached hydrogen (secondary N) is 2. The van der Waals surface area contributed by atoms with Crippen LogP contribution in [0.4, 0.5) is 0 Å². The van der Waals surface area contributed by atoms with E-state index in [-0.39, 0.29) is 17.6 Å². The highest BCUT2D eigenvalue weighted by Gasteiger charge is 2.39. The van der Waals surface area contributed by atoms with Gasteiger partial charge in [0.25, 0.3) is 0 Å². The van der Waals surface area contributed by atoms with Gasteiger partial charge in [0, 0.05) is 12.3 Å². The molecule has 4 atom stereocenters. The van der Waals surface area contributed by atoms with Crippen molar-refractivity contribution in [3.63, 3.8) is 0 Å². The van der Waals surface area contributed by atoms with Crippen molar-refractivity contribution in [3.05, 3.63) is 35.9 Å². The first-order valence-corrected chi connectivity index (χ1v) is 11.3. The molecule has 9 nitrogen and oxygen atoms in total. The van der Waals surface area contributed by atoms with E-state index in [4.69, 9.17) is 10.8 Å². The summed E-state index contributed by atoms with van der Waals surface area (Å²) in [6.45, 7) is 3.96. The minimum atomic E-state index is -1.19. The Balaban J connectivity index is 2.06. The third kappa shape index (κ3) is 6.70. The molecule has 0 spiro atoms. The molecule has 0 aliphatic carbocycles. The fourth-order valence-electron chi connectivity index (χ4n) is 3.67. The largest absolute Gasteiger partial charge is 0.480 e. The monoisotopic (exact) mass is 464 g/mol. The predicted molar refractivity (Wildman–Crippen MR) is 123 cm³/mol. The van der Waals surface area contributed by atoms with Crippen LogP contribution in [0.3, 0.4) is 0 Å².